The third-order valence-electron chi connectivity index (χ3n) is 2.58. The number of alkyl halides is 1. The maximum Gasteiger partial charge on any atom is 0.0443 e. The normalized spacial score (nSPS) is 30.4. The highest BCUT2D eigenvalue weighted by Crippen LogP contribution is 2.21. The molecule has 1 rings (SSSR count). The van der Waals surface area contributed by atoms with E-state index in [1.807, 2.05) is 0 Å². The standard InChI is InChI=1S/C11H20ClN/c1-9-4-10(2)7-13(6-9)8-11(3)5-12/h9-10H,3-8H2,1-2H3. The zero-order valence-electron chi connectivity index (χ0n) is 8.72. The maximum absolute atomic E-state index is 5.72. The number of piperidine rings is 1. The Morgan fingerprint density at radius 3 is 2.38 bits per heavy atom. The molecule has 0 bridgehead atoms. The summed E-state index contributed by atoms with van der Waals surface area (Å²) in [6.07, 6.45) is 1.36. The molecule has 1 nitrogen and oxygen atoms in total. The molecule has 1 saturated heterocycles. The van der Waals surface area contributed by atoms with Gasteiger partial charge in [0.25, 0.3) is 0 Å². The summed E-state index contributed by atoms with van der Waals surface area (Å²) in [6.45, 7) is 12.0. The van der Waals surface area contributed by atoms with Gasteiger partial charge in [-0.3, -0.25) is 4.90 Å². The molecule has 1 heterocycles. The number of hydrogen-bond acceptors (Lipinski definition) is 1. The summed E-state index contributed by atoms with van der Waals surface area (Å²) in [5.74, 6) is 2.25. The van der Waals surface area contributed by atoms with Crippen LogP contribution in [0, 0.1) is 11.8 Å². The number of rotatable bonds is 3. The van der Waals surface area contributed by atoms with Crippen molar-refractivity contribution in [1.82, 2.24) is 4.90 Å². The van der Waals surface area contributed by atoms with Crippen LogP contribution in [0.15, 0.2) is 12.2 Å². The summed E-state index contributed by atoms with van der Waals surface area (Å²) < 4.78 is 0. The zero-order valence-corrected chi connectivity index (χ0v) is 9.48. The van der Waals surface area contributed by atoms with Crippen molar-refractivity contribution in [1.29, 1.82) is 0 Å². The second kappa shape index (κ2) is 5.02. The highest BCUT2D eigenvalue weighted by atomic mass is 35.5. The van der Waals surface area contributed by atoms with Gasteiger partial charge >= 0.3 is 0 Å². The van der Waals surface area contributed by atoms with Crippen molar-refractivity contribution in [3.63, 3.8) is 0 Å². The molecule has 0 radical (unpaired) electrons. The van der Waals surface area contributed by atoms with Gasteiger partial charge in [0.2, 0.25) is 0 Å². The molecule has 0 amide bonds. The van der Waals surface area contributed by atoms with E-state index in [1.165, 1.54) is 19.5 Å². The molecule has 0 aliphatic carbocycles. The highest BCUT2D eigenvalue weighted by Gasteiger charge is 2.21. The van der Waals surface area contributed by atoms with Crippen molar-refractivity contribution >= 4 is 11.6 Å². The van der Waals surface area contributed by atoms with Crippen LogP contribution in [-0.2, 0) is 0 Å². The molecular formula is C11H20ClN. The lowest BCUT2D eigenvalue weighted by Gasteiger charge is -2.35. The van der Waals surface area contributed by atoms with Crippen LogP contribution in [0.5, 0.6) is 0 Å². The SMILES string of the molecule is C=C(CCl)CN1CC(C)CC(C)C1. The average molecular weight is 202 g/mol. The highest BCUT2D eigenvalue weighted by molar-refractivity contribution is 6.19. The molecule has 1 aliphatic rings. The topological polar surface area (TPSA) is 3.24 Å². The van der Waals surface area contributed by atoms with E-state index in [0.29, 0.717) is 5.88 Å². The molecule has 0 aromatic heterocycles. The minimum atomic E-state index is 0.596. The predicted octanol–water partition coefficient (Wildman–Crippen LogP) is 2.76. The summed E-state index contributed by atoms with van der Waals surface area (Å²) in [7, 11) is 0. The molecule has 2 unspecified atom stereocenters. The molecule has 0 spiro atoms. The largest absolute Gasteiger partial charge is 0.299 e. The summed E-state index contributed by atoms with van der Waals surface area (Å²) >= 11 is 5.72. The Kier molecular flexibility index (Phi) is 4.27. The van der Waals surface area contributed by atoms with E-state index >= 15 is 0 Å². The number of nitrogens with zero attached hydrogens (tertiary/aromatic N) is 1. The monoisotopic (exact) mass is 201 g/mol. The lowest BCUT2D eigenvalue weighted by atomic mass is 9.92. The van der Waals surface area contributed by atoms with Crippen LogP contribution in [-0.4, -0.2) is 30.4 Å². The lowest BCUT2D eigenvalue weighted by Crippen LogP contribution is -2.39. The molecule has 0 N–H and O–H groups in total. The minimum Gasteiger partial charge on any atom is -0.299 e. The van der Waals surface area contributed by atoms with E-state index < -0.39 is 0 Å². The van der Waals surface area contributed by atoms with E-state index in [-0.39, 0.29) is 0 Å². The van der Waals surface area contributed by atoms with Crippen molar-refractivity contribution in [3.8, 4) is 0 Å². The maximum atomic E-state index is 5.72. The first kappa shape index (κ1) is 11.1. The Labute approximate surface area is 86.8 Å². The van der Waals surface area contributed by atoms with Gasteiger partial charge in [-0.25, -0.2) is 0 Å². The van der Waals surface area contributed by atoms with Crippen LogP contribution >= 0.6 is 11.6 Å². The van der Waals surface area contributed by atoms with E-state index in [0.717, 1.165) is 24.0 Å². The van der Waals surface area contributed by atoms with E-state index in [2.05, 4.69) is 25.3 Å². The smallest absolute Gasteiger partial charge is 0.0443 e. The van der Waals surface area contributed by atoms with Gasteiger partial charge in [0.15, 0.2) is 0 Å². The van der Waals surface area contributed by atoms with Crippen molar-refractivity contribution in [2.75, 3.05) is 25.5 Å². The summed E-state index contributed by atoms with van der Waals surface area (Å²) in [5, 5.41) is 0. The van der Waals surface area contributed by atoms with Gasteiger partial charge in [0, 0.05) is 25.5 Å². The van der Waals surface area contributed by atoms with Gasteiger partial charge in [-0.15, -0.1) is 11.6 Å². The molecule has 1 fully saturated rings. The van der Waals surface area contributed by atoms with Crippen LogP contribution in [0.2, 0.25) is 0 Å². The molecular weight excluding hydrogens is 182 g/mol. The molecule has 0 aromatic carbocycles. The molecule has 2 heteroatoms. The lowest BCUT2D eigenvalue weighted by molar-refractivity contribution is 0.152. The van der Waals surface area contributed by atoms with Crippen molar-refractivity contribution < 1.29 is 0 Å². The number of halogens is 1. The number of likely N-dealkylation sites (tertiary alicyclic amines) is 1. The first-order chi connectivity index (χ1) is 6.11. The van der Waals surface area contributed by atoms with Crippen LogP contribution < -0.4 is 0 Å². The van der Waals surface area contributed by atoms with Crippen LogP contribution in [0.4, 0.5) is 0 Å². The van der Waals surface area contributed by atoms with Crippen molar-refractivity contribution in [2.45, 2.75) is 20.3 Å². The minimum absolute atomic E-state index is 0.596. The summed E-state index contributed by atoms with van der Waals surface area (Å²) in [5.41, 5.74) is 1.14. The van der Waals surface area contributed by atoms with E-state index in [9.17, 15) is 0 Å². The fourth-order valence-electron chi connectivity index (χ4n) is 2.28. The molecule has 13 heavy (non-hydrogen) atoms. The molecule has 2 atom stereocenters. The Morgan fingerprint density at radius 1 is 1.38 bits per heavy atom. The molecule has 76 valence electrons. The molecule has 0 aromatic rings. The molecule has 0 saturated carbocycles. The second-order valence-electron chi connectivity index (χ2n) is 4.52. The average Bonchev–Trinajstić information content (AvgIpc) is 2.02. The predicted molar refractivity (Wildman–Crippen MR) is 59.2 cm³/mol. The van der Waals surface area contributed by atoms with E-state index in [1.54, 1.807) is 0 Å². The Bertz CT molecular complexity index is 169. The van der Waals surface area contributed by atoms with Crippen LogP contribution in [0.25, 0.3) is 0 Å². The van der Waals surface area contributed by atoms with Gasteiger partial charge in [-0.05, 0) is 23.8 Å². The summed E-state index contributed by atoms with van der Waals surface area (Å²) in [4.78, 5) is 2.48. The fourth-order valence-corrected chi connectivity index (χ4v) is 2.36. The first-order valence-corrected chi connectivity index (χ1v) is 5.60. The second-order valence-corrected chi connectivity index (χ2v) is 4.79. The fraction of sp³-hybridized carbons (Fsp3) is 0.818. The number of hydrogen-bond donors (Lipinski definition) is 0. The van der Waals surface area contributed by atoms with Crippen LogP contribution in [0.3, 0.4) is 0 Å². The van der Waals surface area contributed by atoms with Gasteiger partial charge in [0.1, 0.15) is 0 Å². The van der Waals surface area contributed by atoms with E-state index in [4.69, 9.17) is 11.6 Å². The van der Waals surface area contributed by atoms with Gasteiger partial charge < -0.3 is 0 Å². The van der Waals surface area contributed by atoms with Gasteiger partial charge in [0.05, 0.1) is 0 Å². The Balaban J connectivity index is 2.37. The zero-order chi connectivity index (χ0) is 9.84. The Morgan fingerprint density at radius 2 is 1.92 bits per heavy atom. The third-order valence-corrected chi connectivity index (χ3v) is 2.96. The molecule has 1 aliphatic heterocycles. The van der Waals surface area contributed by atoms with Crippen LogP contribution in [0.1, 0.15) is 20.3 Å². The van der Waals surface area contributed by atoms with Gasteiger partial charge in [-0.2, -0.15) is 0 Å². The van der Waals surface area contributed by atoms with Gasteiger partial charge in [-0.1, -0.05) is 20.4 Å². The third kappa shape index (κ3) is 3.70. The van der Waals surface area contributed by atoms with Crippen molar-refractivity contribution in [3.05, 3.63) is 12.2 Å². The van der Waals surface area contributed by atoms with Crippen molar-refractivity contribution in [2.24, 2.45) is 11.8 Å². The Hall–Kier alpha value is -0.0100. The quantitative estimate of drug-likeness (QED) is 0.502. The first-order valence-electron chi connectivity index (χ1n) is 5.06. The summed E-state index contributed by atoms with van der Waals surface area (Å²) in [6, 6.07) is 0.